The summed E-state index contributed by atoms with van der Waals surface area (Å²) >= 11 is 1.53. The molecular formula is C14H23N3O2S. The normalized spacial score (nSPS) is 10.6. The van der Waals surface area contributed by atoms with Gasteiger partial charge in [0.1, 0.15) is 0 Å². The summed E-state index contributed by atoms with van der Waals surface area (Å²) in [6.45, 7) is 4.75. The molecule has 1 aromatic heterocycles. The number of amides is 1. The van der Waals surface area contributed by atoms with Crippen molar-refractivity contribution in [3.63, 3.8) is 0 Å². The Morgan fingerprint density at radius 3 is 2.85 bits per heavy atom. The highest BCUT2D eigenvalue weighted by molar-refractivity contribution is 7.99. The Kier molecular flexibility index (Phi) is 7.36. The van der Waals surface area contributed by atoms with Crippen LogP contribution in [0, 0.1) is 0 Å². The van der Waals surface area contributed by atoms with E-state index in [1.807, 2.05) is 13.8 Å². The highest BCUT2D eigenvalue weighted by Crippen LogP contribution is 2.15. The van der Waals surface area contributed by atoms with Crippen LogP contribution in [0.4, 0.5) is 0 Å². The average molecular weight is 297 g/mol. The highest BCUT2D eigenvalue weighted by atomic mass is 32.2. The monoisotopic (exact) mass is 297 g/mol. The first-order valence-corrected chi connectivity index (χ1v) is 8.03. The van der Waals surface area contributed by atoms with Gasteiger partial charge in [0.2, 0.25) is 5.91 Å². The lowest BCUT2D eigenvalue weighted by Crippen LogP contribution is -2.23. The fraction of sp³-hybridized carbons (Fsp3) is 0.643. The number of carbonyl (C=O) groups excluding carboxylic acids is 1. The van der Waals surface area contributed by atoms with Crippen molar-refractivity contribution in [2.45, 2.75) is 44.7 Å². The maximum atomic E-state index is 11.7. The van der Waals surface area contributed by atoms with Gasteiger partial charge < -0.3 is 5.32 Å². The maximum absolute atomic E-state index is 11.7. The molecule has 1 amide bonds. The van der Waals surface area contributed by atoms with E-state index in [2.05, 4.69) is 10.3 Å². The van der Waals surface area contributed by atoms with Crippen LogP contribution in [-0.4, -0.2) is 27.8 Å². The number of rotatable bonds is 8. The van der Waals surface area contributed by atoms with E-state index in [-0.39, 0.29) is 11.5 Å². The Balaban J connectivity index is 2.44. The number of thioether (sulfide) groups is 1. The zero-order valence-electron chi connectivity index (χ0n) is 12.4. The quantitative estimate of drug-likeness (QED) is 0.451. The predicted octanol–water partition coefficient (Wildman–Crippen LogP) is 1.74. The molecule has 0 saturated heterocycles. The molecule has 1 heterocycles. The van der Waals surface area contributed by atoms with Gasteiger partial charge in [-0.3, -0.25) is 14.2 Å². The highest BCUT2D eigenvalue weighted by Gasteiger charge is 2.06. The smallest absolute Gasteiger partial charge is 0.254 e. The van der Waals surface area contributed by atoms with Gasteiger partial charge in [0.05, 0.1) is 0 Å². The van der Waals surface area contributed by atoms with Gasteiger partial charge in [-0.05, 0) is 19.3 Å². The standard InChI is InChI=1S/C14H23N3O2S/c1-4-8-15-12(18)7-6-9-20-14-16-11(5-2)10-13(19)17(14)3/h10H,4-9H2,1-3H3,(H,15,18). The minimum absolute atomic E-state index is 0.0277. The fourth-order valence-corrected chi connectivity index (χ4v) is 2.56. The number of nitrogens with zero attached hydrogens (tertiary/aromatic N) is 2. The van der Waals surface area contributed by atoms with Crippen molar-refractivity contribution in [2.75, 3.05) is 12.3 Å². The minimum Gasteiger partial charge on any atom is -0.356 e. The summed E-state index contributed by atoms with van der Waals surface area (Å²) in [7, 11) is 1.73. The molecule has 1 aromatic rings. The Morgan fingerprint density at radius 2 is 2.20 bits per heavy atom. The van der Waals surface area contributed by atoms with Crippen LogP contribution in [0.15, 0.2) is 16.0 Å². The third-order valence-electron chi connectivity index (χ3n) is 2.86. The van der Waals surface area contributed by atoms with Crippen LogP contribution in [0.1, 0.15) is 38.8 Å². The van der Waals surface area contributed by atoms with Crippen molar-refractivity contribution in [3.8, 4) is 0 Å². The summed E-state index contributed by atoms with van der Waals surface area (Å²) in [6.07, 6.45) is 3.01. The molecule has 0 fully saturated rings. The Labute approximate surface area is 124 Å². The van der Waals surface area contributed by atoms with E-state index in [1.54, 1.807) is 17.7 Å². The lowest BCUT2D eigenvalue weighted by Gasteiger charge is -2.08. The van der Waals surface area contributed by atoms with Crippen LogP contribution in [0.2, 0.25) is 0 Å². The number of hydrogen-bond donors (Lipinski definition) is 1. The Bertz CT molecular complexity index is 500. The number of carbonyl (C=O) groups is 1. The largest absolute Gasteiger partial charge is 0.356 e. The summed E-state index contributed by atoms with van der Waals surface area (Å²) in [6, 6.07) is 1.57. The first-order chi connectivity index (χ1) is 9.58. The van der Waals surface area contributed by atoms with Crippen molar-refractivity contribution in [3.05, 3.63) is 22.1 Å². The zero-order valence-corrected chi connectivity index (χ0v) is 13.3. The van der Waals surface area contributed by atoms with Crippen LogP contribution < -0.4 is 10.9 Å². The van der Waals surface area contributed by atoms with E-state index >= 15 is 0 Å². The molecule has 0 radical (unpaired) electrons. The maximum Gasteiger partial charge on any atom is 0.254 e. The molecule has 20 heavy (non-hydrogen) atoms. The number of hydrogen-bond acceptors (Lipinski definition) is 4. The van der Waals surface area contributed by atoms with Crippen molar-refractivity contribution in [1.82, 2.24) is 14.9 Å². The van der Waals surface area contributed by atoms with Crippen LogP contribution in [0.5, 0.6) is 0 Å². The number of aromatic nitrogens is 2. The fourth-order valence-electron chi connectivity index (χ4n) is 1.62. The minimum atomic E-state index is -0.0277. The van der Waals surface area contributed by atoms with E-state index in [0.29, 0.717) is 6.42 Å². The molecule has 0 bridgehead atoms. The third-order valence-corrected chi connectivity index (χ3v) is 3.98. The number of aryl methyl sites for hydroxylation is 1. The molecule has 0 atom stereocenters. The van der Waals surface area contributed by atoms with Gasteiger partial charge in [-0.1, -0.05) is 25.6 Å². The topological polar surface area (TPSA) is 64.0 Å². The van der Waals surface area contributed by atoms with E-state index in [1.165, 1.54) is 11.8 Å². The van der Waals surface area contributed by atoms with Crippen molar-refractivity contribution in [2.24, 2.45) is 7.05 Å². The Morgan fingerprint density at radius 1 is 1.45 bits per heavy atom. The van der Waals surface area contributed by atoms with Gasteiger partial charge in [-0.25, -0.2) is 4.98 Å². The van der Waals surface area contributed by atoms with Gasteiger partial charge in [0, 0.05) is 37.5 Å². The summed E-state index contributed by atoms with van der Waals surface area (Å²) in [5, 5.41) is 3.58. The second-order valence-electron chi connectivity index (χ2n) is 4.58. The predicted molar refractivity (Wildman–Crippen MR) is 82.1 cm³/mol. The van der Waals surface area contributed by atoms with Gasteiger partial charge >= 0.3 is 0 Å². The van der Waals surface area contributed by atoms with Crippen LogP contribution in [0.3, 0.4) is 0 Å². The first kappa shape index (κ1) is 16.8. The van der Waals surface area contributed by atoms with E-state index in [9.17, 15) is 9.59 Å². The molecule has 0 aliphatic heterocycles. The van der Waals surface area contributed by atoms with Crippen LogP contribution in [-0.2, 0) is 18.3 Å². The lowest BCUT2D eigenvalue weighted by atomic mass is 10.3. The zero-order chi connectivity index (χ0) is 15.0. The molecule has 0 saturated carbocycles. The second kappa shape index (κ2) is 8.79. The molecule has 0 aromatic carbocycles. The van der Waals surface area contributed by atoms with E-state index in [0.717, 1.165) is 42.4 Å². The van der Waals surface area contributed by atoms with Gasteiger partial charge in [0.25, 0.3) is 5.56 Å². The summed E-state index contributed by atoms with van der Waals surface area (Å²) < 4.78 is 1.56. The summed E-state index contributed by atoms with van der Waals surface area (Å²) in [5.74, 6) is 0.879. The number of nitrogens with one attached hydrogen (secondary N) is 1. The van der Waals surface area contributed by atoms with Crippen molar-refractivity contribution < 1.29 is 4.79 Å². The van der Waals surface area contributed by atoms with Crippen LogP contribution >= 0.6 is 11.8 Å². The first-order valence-electron chi connectivity index (χ1n) is 7.04. The molecule has 112 valence electrons. The van der Waals surface area contributed by atoms with Crippen molar-refractivity contribution in [1.29, 1.82) is 0 Å². The molecule has 0 aliphatic rings. The molecule has 1 N–H and O–H groups in total. The van der Waals surface area contributed by atoms with Crippen molar-refractivity contribution >= 4 is 17.7 Å². The van der Waals surface area contributed by atoms with E-state index in [4.69, 9.17) is 0 Å². The molecule has 0 unspecified atom stereocenters. The molecule has 6 heteroatoms. The molecule has 0 aliphatic carbocycles. The lowest BCUT2D eigenvalue weighted by molar-refractivity contribution is -0.121. The SMILES string of the molecule is CCCNC(=O)CCCSc1nc(CC)cc(=O)n1C. The average Bonchev–Trinajstić information content (AvgIpc) is 2.45. The molecule has 0 spiro atoms. The van der Waals surface area contributed by atoms with E-state index < -0.39 is 0 Å². The third kappa shape index (κ3) is 5.36. The van der Waals surface area contributed by atoms with Crippen LogP contribution in [0.25, 0.3) is 0 Å². The second-order valence-corrected chi connectivity index (χ2v) is 5.64. The Hall–Kier alpha value is -1.30. The van der Waals surface area contributed by atoms with Gasteiger partial charge in [-0.15, -0.1) is 0 Å². The molecular weight excluding hydrogens is 274 g/mol. The molecule has 1 rings (SSSR count). The van der Waals surface area contributed by atoms with Gasteiger partial charge in [-0.2, -0.15) is 0 Å². The summed E-state index contributed by atoms with van der Waals surface area (Å²) in [5.41, 5.74) is 0.788. The summed E-state index contributed by atoms with van der Waals surface area (Å²) in [4.78, 5) is 27.6. The molecule has 5 nitrogen and oxygen atoms in total. The van der Waals surface area contributed by atoms with Gasteiger partial charge in [0.15, 0.2) is 5.16 Å².